The summed E-state index contributed by atoms with van der Waals surface area (Å²) >= 11 is 0. The predicted octanol–water partition coefficient (Wildman–Crippen LogP) is 1.96. The van der Waals surface area contributed by atoms with Gasteiger partial charge in [-0.25, -0.2) is 19.4 Å². The number of aromatic nitrogens is 4. The number of nitrogens with two attached hydrogens (primary N) is 1. The molecule has 0 aliphatic carbocycles. The number of amides is 1. The molecule has 3 heterocycles. The van der Waals surface area contributed by atoms with Gasteiger partial charge in [-0.15, -0.1) is 0 Å². The van der Waals surface area contributed by atoms with Crippen LogP contribution in [-0.2, 0) is 0 Å². The molecule has 10 nitrogen and oxygen atoms in total. The Morgan fingerprint density at radius 3 is 2.86 bits per heavy atom. The van der Waals surface area contributed by atoms with Gasteiger partial charge in [0.05, 0.1) is 24.2 Å². The van der Waals surface area contributed by atoms with Gasteiger partial charge in [-0.2, -0.15) is 5.10 Å². The molecule has 1 saturated heterocycles. The SMILES string of the molecule is COc1cc(-n2nc(C3CCNCC3)c3ncnc(N)c32)ccc1NC(=O)O. The number of hydrogen-bond acceptors (Lipinski definition) is 7. The van der Waals surface area contributed by atoms with Gasteiger partial charge in [-0.1, -0.05) is 0 Å². The van der Waals surface area contributed by atoms with E-state index in [9.17, 15) is 4.79 Å². The number of fused-ring (bicyclic) bond motifs is 1. The molecule has 1 aliphatic rings. The van der Waals surface area contributed by atoms with Crippen LogP contribution in [0.15, 0.2) is 24.5 Å². The Labute approximate surface area is 160 Å². The second-order valence-electron chi connectivity index (χ2n) is 6.59. The third-order valence-electron chi connectivity index (χ3n) is 4.91. The Kier molecular flexibility index (Phi) is 4.70. The van der Waals surface area contributed by atoms with E-state index in [1.165, 1.54) is 13.4 Å². The fourth-order valence-corrected chi connectivity index (χ4v) is 3.58. The number of piperidine rings is 1. The molecule has 4 rings (SSSR count). The number of rotatable bonds is 4. The van der Waals surface area contributed by atoms with Gasteiger partial charge in [0.15, 0.2) is 5.82 Å². The maximum atomic E-state index is 11.0. The first-order chi connectivity index (χ1) is 13.6. The largest absolute Gasteiger partial charge is 0.494 e. The quantitative estimate of drug-likeness (QED) is 0.536. The molecule has 0 radical (unpaired) electrons. The number of ether oxygens (including phenoxy) is 1. The van der Waals surface area contributed by atoms with Crippen molar-refractivity contribution in [3.05, 3.63) is 30.2 Å². The van der Waals surface area contributed by atoms with Crippen LogP contribution in [0.4, 0.5) is 16.3 Å². The van der Waals surface area contributed by atoms with Crippen LogP contribution in [0, 0.1) is 0 Å². The highest BCUT2D eigenvalue weighted by atomic mass is 16.5. The van der Waals surface area contributed by atoms with Gasteiger partial charge in [0.1, 0.15) is 23.1 Å². The molecule has 146 valence electrons. The van der Waals surface area contributed by atoms with E-state index in [2.05, 4.69) is 20.6 Å². The van der Waals surface area contributed by atoms with Gasteiger partial charge < -0.3 is 20.9 Å². The van der Waals surface area contributed by atoms with Crippen molar-refractivity contribution < 1.29 is 14.6 Å². The summed E-state index contributed by atoms with van der Waals surface area (Å²) in [6, 6.07) is 5.08. The maximum Gasteiger partial charge on any atom is 0.409 e. The molecule has 1 aromatic carbocycles. The number of carboxylic acid groups (broad SMARTS) is 1. The molecular formula is C18H21N7O3. The second kappa shape index (κ2) is 7.31. The minimum absolute atomic E-state index is 0.286. The molecule has 28 heavy (non-hydrogen) atoms. The summed E-state index contributed by atoms with van der Waals surface area (Å²) in [4.78, 5) is 19.5. The highest BCUT2D eigenvalue weighted by molar-refractivity contribution is 5.89. The number of carbonyl (C=O) groups is 1. The van der Waals surface area contributed by atoms with Gasteiger partial charge in [0.2, 0.25) is 0 Å². The van der Waals surface area contributed by atoms with Crippen LogP contribution < -0.4 is 21.1 Å². The molecule has 3 aromatic rings. The summed E-state index contributed by atoms with van der Waals surface area (Å²) in [5.74, 6) is 1.00. The first kappa shape index (κ1) is 18.0. The third-order valence-corrected chi connectivity index (χ3v) is 4.91. The average molecular weight is 383 g/mol. The summed E-state index contributed by atoms with van der Waals surface area (Å²) in [6.07, 6.45) is 2.23. The Hall–Kier alpha value is -3.40. The van der Waals surface area contributed by atoms with Crippen LogP contribution in [0.25, 0.3) is 16.7 Å². The summed E-state index contributed by atoms with van der Waals surface area (Å²) in [5, 5.41) is 19.5. The van der Waals surface area contributed by atoms with Crippen LogP contribution >= 0.6 is 0 Å². The van der Waals surface area contributed by atoms with E-state index >= 15 is 0 Å². The summed E-state index contributed by atoms with van der Waals surface area (Å²) in [5.41, 5.74) is 9.46. The van der Waals surface area contributed by atoms with Crippen molar-refractivity contribution in [2.75, 3.05) is 31.2 Å². The third kappa shape index (κ3) is 3.18. The summed E-state index contributed by atoms with van der Waals surface area (Å²) < 4.78 is 7.04. The van der Waals surface area contributed by atoms with Crippen molar-refractivity contribution >= 4 is 28.6 Å². The van der Waals surface area contributed by atoms with E-state index in [-0.39, 0.29) is 5.92 Å². The lowest BCUT2D eigenvalue weighted by atomic mass is 9.94. The number of nitrogens with one attached hydrogen (secondary N) is 2. The molecule has 0 saturated carbocycles. The molecule has 1 fully saturated rings. The molecule has 1 aliphatic heterocycles. The van der Waals surface area contributed by atoms with Crippen molar-refractivity contribution in [3.63, 3.8) is 0 Å². The second-order valence-corrected chi connectivity index (χ2v) is 6.59. The zero-order chi connectivity index (χ0) is 19.7. The van der Waals surface area contributed by atoms with Crippen LogP contribution in [0.3, 0.4) is 0 Å². The molecule has 2 aromatic heterocycles. The predicted molar refractivity (Wildman–Crippen MR) is 104 cm³/mol. The van der Waals surface area contributed by atoms with Gasteiger partial charge in [-0.3, -0.25) is 5.32 Å². The molecule has 0 spiro atoms. The van der Waals surface area contributed by atoms with Crippen molar-refractivity contribution in [1.82, 2.24) is 25.1 Å². The topological polar surface area (TPSA) is 140 Å². The molecule has 1 amide bonds. The lowest BCUT2D eigenvalue weighted by Gasteiger charge is -2.20. The summed E-state index contributed by atoms with van der Waals surface area (Å²) in [6.45, 7) is 1.87. The van der Waals surface area contributed by atoms with Crippen molar-refractivity contribution in [2.45, 2.75) is 18.8 Å². The van der Waals surface area contributed by atoms with E-state index < -0.39 is 6.09 Å². The lowest BCUT2D eigenvalue weighted by Crippen LogP contribution is -2.27. The Morgan fingerprint density at radius 2 is 2.14 bits per heavy atom. The Balaban J connectivity index is 1.85. The van der Waals surface area contributed by atoms with Crippen molar-refractivity contribution in [2.24, 2.45) is 0 Å². The van der Waals surface area contributed by atoms with Gasteiger partial charge >= 0.3 is 6.09 Å². The van der Waals surface area contributed by atoms with Gasteiger partial charge in [0.25, 0.3) is 0 Å². The fraction of sp³-hybridized carbons (Fsp3) is 0.333. The van der Waals surface area contributed by atoms with Gasteiger partial charge in [-0.05, 0) is 38.1 Å². The Morgan fingerprint density at radius 1 is 1.36 bits per heavy atom. The van der Waals surface area contributed by atoms with E-state index in [0.29, 0.717) is 28.5 Å². The van der Waals surface area contributed by atoms with Crippen LogP contribution in [-0.4, -0.2) is 51.1 Å². The number of anilines is 2. The van der Waals surface area contributed by atoms with Crippen molar-refractivity contribution in [3.8, 4) is 11.4 Å². The molecule has 0 bridgehead atoms. The molecule has 0 unspecified atom stereocenters. The number of methoxy groups -OCH3 is 1. The molecular weight excluding hydrogens is 362 g/mol. The average Bonchev–Trinajstić information content (AvgIpc) is 3.09. The first-order valence-corrected chi connectivity index (χ1v) is 8.96. The zero-order valence-electron chi connectivity index (χ0n) is 15.3. The van der Waals surface area contributed by atoms with Gasteiger partial charge in [0, 0.05) is 12.0 Å². The fourth-order valence-electron chi connectivity index (χ4n) is 3.58. The maximum absolute atomic E-state index is 11.0. The summed E-state index contributed by atoms with van der Waals surface area (Å²) in [7, 11) is 1.48. The smallest absolute Gasteiger partial charge is 0.409 e. The zero-order valence-corrected chi connectivity index (χ0v) is 15.3. The highest BCUT2D eigenvalue weighted by Gasteiger charge is 2.25. The van der Waals surface area contributed by atoms with E-state index in [1.54, 1.807) is 22.9 Å². The van der Waals surface area contributed by atoms with Crippen molar-refractivity contribution in [1.29, 1.82) is 0 Å². The number of hydrogen-bond donors (Lipinski definition) is 4. The van der Waals surface area contributed by atoms with Crippen LogP contribution in [0.1, 0.15) is 24.5 Å². The molecule has 5 N–H and O–H groups in total. The number of nitrogens with zero attached hydrogens (tertiary/aromatic N) is 4. The van der Waals surface area contributed by atoms with Crippen LogP contribution in [0.2, 0.25) is 0 Å². The number of nitrogen functional groups attached to an aromatic ring is 1. The van der Waals surface area contributed by atoms with Crippen LogP contribution in [0.5, 0.6) is 5.75 Å². The normalized spacial score (nSPS) is 14.9. The van der Waals surface area contributed by atoms with E-state index in [1.807, 2.05) is 0 Å². The van der Waals surface area contributed by atoms with E-state index in [4.69, 9.17) is 20.7 Å². The standard InChI is InChI=1S/C18H21N7O3/c1-28-13-8-11(2-3-12(13)23-18(26)27)25-16-15(21-9-22-17(16)19)14(24-25)10-4-6-20-7-5-10/h2-3,8-10,20,23H,4-7H2,1H3,(H,26,27)(H2,19,21,22). The highest BCUT2D eigenvalue weighted by Crippen LogP contribution is 2.34. The molecule has 10 heteroatoms. The Bertz CT molecular complexity index is 1030. The van der Waals surface area contributed by atoms with E-state index in [0.717, 1.165) is 37.1 Å². The minimum atomic E-state index is -1.17. The first-order valence-electron chi connectivity index (χ1n) is 8.96. The molecule has 0 atom stereocenters. The monoisotopic (exact) mass is 383 g/mol. The lowest BCUT2D eigenvalue weighted by molar-refractivity contribution is 0.209. The number of benzene rings is 1. The minimum Gasteiger partial charge on any atom is -0.494 e.